The minimum absolute atomic E-state index is 0.463. The quantitative estimate of drug-likeness (QED) is 0.772. The maximum absolute atomic E-state index is 4.58. The molecule has 0 bridgehead atoms. The third-order valence-corrected chi connectivity index (χ3v) is 2.90. The van der Waals surface area contributed by atoms with Crippen LogP contribution in [0.2, 0.25) is 0 Å². The van der Waals surface area contributed by atoms with E-state index in [1.165, 1.54) is 24.1 Å². The molecule has 0 saturated carbocycles. The summed E-state index contributed by atoms with van der Waals surface area (Å²) in [5, 5.41) is 3.32. The van der Waals surface area contributed by atoms with Crippen molar-refractivity contribution in [2.75, 3.05) is 7.05 Å². The van der Waals surface area contributed by atoms with E-state index < -0.39 is 0 Å². The standard InChI is InChI=1S/C11H17N3/c1-3-11-13-7-8-9(12-2)5-4-6-10(8)14-11/h7,9,12H,3-6H2,1-2H3. The molecule has 1 aliphatic rings. The number of nitrogens with one attached hydrogen (secondary N) is 1. The van der Waals surface area contributed by atoms with Gasteiger partial charge in [-0.15, -0.1) is 0 Å². The number of aryl methyl sites for hydroxylation is 2. The van der Waals surface area contributed by atoms with Gasteiger partial charge in [-0.05, 0) is 26.3 Å². The molecule has 1 aliphatic carbocycles. The van der Waals surface area contributed by atoms with Crippen LogP contribution in [0.5, 0.6) is 0 Å². The largest absolute Gasteiger partial charge is 0.313 e. The Morgan fingerprint density at radius 1 is 1.57 bits per heavy atom. The van der Waals surface area contributed by atoms with Crippen molar-refractivity contribution in [2.45, 2.75) is 38.6 Å². The molecule has 3 heteroatoms. The molecule has 1 aromatic heterocycles. The summed E-state index contributed by atoms with van der Waals surface area (Å²) in [5.74, 6) is 0.973. The van der Waals surface area contributed by atoms with Gasteiger partial charge in [0.1, 0.15) is 5.82 Å². The van der Waals surface area contributed by atoms with Gasteiger partial charge < -0.3 is 5.32 Å². The molecular formula is C11H17N3. The molecule has 1 heterocycles. The highest BCUT2D eigenvalue weighted by molar-refractivity contribution is 5.24. The zero-order valence-electron chi connectivity index (χ0n) is 8.88. The molecule has 14 heavy (non-hydrogen) atoms. The molecule has 1 unspecified atom stereocenters. The van der Waals surface area contributed by atoms with Gasteiger partial charge in [0.2, 0.25) is 0 Å². The first-order chi connectivity index (χ1) is 6.85. The van der Waals surface area contributed by atoms with Crippen LogP contribution in [-0.2, 0) is 12.8 Å². The Kier molecular flexibility index (Phi) is 2.77. The number of hydrogen-bond donors (Lipinski definition) is 1. The first-order valence-electron chi connectivity index (χ1n) is 5.37. The lowest BCUT2D eigenvalue weighted by Crippen LogP contribution is -2.23. The zero-order chi connectivity index (χ0) is 9.97. The van der Waals surface area contributed by atoms with Crippen LogP contribution in [0.1, 0.15) is 42.9 Å². The molecule has 1 atom stereocenters. The van der Waals surface area contributed by atoms with Gasteiger partial charge in [-0.25, -0.2) is 9.97 Å². The summed E-state index contributed by atoms with van der Waals surface area (Å²) in [6.07, 6.45) is 6.49. The Hall–Kier alpha value is -0.960. The third-order valence-electron chi connectivity index (χ3n) is 2.90. The molecule has 0 radical (unpaired) electrons. The summed E-state index contributed by atoms with van der Waals surface area (Å²) in [6.45, 7) is 2.10. The molecule has 2 rings (SSSR count). The molecule has 76 valence electrons. The van der Waals surface area contributed by atoms with Crippen LogP contribution in [0.25, 0.3) is 0 Å². The number of rotatable bonds is 2. The SMILES string of the molecule is CCc1ncc2c(n1)CCCC2NC. The second kappa shape index (κ2) is 4.05. The first kappa shape index (κ1) is 9.59. The molecule has 0 spiro atoms. The fraction of sp³-hybridized carbons (Fsp3) is 0.636. The van der Waals surface area contributed by atoms with Gasteiger partial charge in [0.15, 0.2) is 0 Å². The summed E-state index contributed by atoms with van der Waals surface area (Å²) in [4.78, 5) is 8.94. The second-order valence-electron chi connectivity index (χ2n) is 3.78. The van der Waals surface area contributed by atoms with E-state index in [4.69, 9.17) is 0 Å². The summed E-state index contributed by atoms with van der Waals surface area (Å²) >= 11 is 0. The zero-order valence-corrected chi connectivity index (χ0v) is 8.88. The van der Waals surface area contributed by atoms with E-state index in [2.05, 4.69) is 22.2 Å². The van der Waals surface area contributed by atoms with E-state index in [1.54, 1.807) is 0 Å². The molecule has 0 aromatic carbocycles. The third kappa shape index (κ3) is 1.64. The molecule has 0 aliphatic heterocycles. The van der Waals surface area contributed by atoms with Gasteiger partial charge in [0, 0.05) is 29.9 Å². The van der Waals surface area contributed by atoms with Crippen LogP contribution in [0.3, 0.4) is 0 Å². The fourth-order valence-corrected chi connectivity index (χ4v) is 2.06. The molecule has 3 nitrogen and oxygen atoms in total. The number of hydrogen-bond acceptors (Lipinski definition) is 3. The van der Waals surface area contributed by atoms with Crippen LogP contribution < -0.4 is 5.32 Å². The van der Waals surface area contributed by atoms with Crippen molar-refractivity contribution in [1.29, 1.82) is 0 Å². The minimum Gasteiger partial charge on any atom is -0.313 e. The van der Waals surface area contributed by atoms with Crippen LogP contribution in [0.4, 0.5) is 0 Å². The summed E-state index contributed by atoms with van der Waals surface area (Å²) in [6, 6.07) is 0.463. The Bertz CT molecular complexity index is 322. The van der Waals surface area contributed by atoms with E-state index in [-0.39, 0.29) is 0 Å². The van der Waals surface area contributed by atoms with Crippen molar-refractivity contribution in [1.82, 2.24) is 15.3 Å². The van der Waals surface area contributed by atoms with Gasteiger partial charge >= 0.3 is 0 Å². The second-order valence-corrected chi connectivity index (χ2v) is 3.78. The smallest absolute Gasteiger partial charge is 0.128 e. The van der Waals surface area contributed by atoms with Gasteiger partial charge in [-0.1, -0.05) is 6.92 Å². The van der Waals surface area contributed by atoms with E-state index in [9.17, 15) is 0 Å². The summed E-state index contributed by atoms with van der Waals surface area (Å²) in [7, 11) is 2.01. The van der Waals surface area contributed by atoms with Crippen molar-refractivity contribution >= 4 is 0 Å². The van der Waals surface area contributed by atoms with Crippen molar-refractivity contribution in [3.63, 3.8) is 0 Å². The average molecular weight is 191 g/mol. The maximum atomic E-state index is 4.58. The molecule has 0 saturated heterocycles. The van der Waals surface area contributed by atoms with Gasteiger partial charge in [0.05, 0.1) is 0 Å². The van der Waals surface area contributed by atoms with Crippen molar-refractivity contribution in [3.8, 4) is 0 Å². The first-order valence-corrected chi connectivity index (χ1v) is 5.37. The summed E-state index contributed by atoms with van der Waals surface area (Å²) in [5.41, 5.74) is 2.55. The highest BCUT2D eigenvalue weighted by atomic mass is 14.9. The van der Waals surface area contributed by atoms with Crippen molar-refractivity contribution in [2.24, 2.45) is 0 Å². The molecule has 1 N–H and O–H groups in total. The number of fused-ring (bicyclic) bond motifs is 1. The maximum Gasteiger partial charge on any atom is 0.128 e. The van der Waals surface area contributed by atoms with Crippen molar-refractivity contribution < 1.29 is 0 Å². The highest BCUT2D eigenvalue weighted by Crippen LogP contribution is 2.27. The normalized spacial score (nSPS) is 20.6. The Morgan fingerprint density at radius 3 is 3.14 bits per heavy atom. The van der Waals surface area contributed by atoms with E-state index in [0.29, 0.717) is 6.04 Å². The number of aromatic nitrogens is 2. The van der Waals surface area contributed by atoms with Crippen LogP contribution >= 0.6 is 0 Å². The molecule has 0 amide bonds. The Labute approximate surface area is 85.0 Å². The monoisotopic (exact) mass is 191 g/mol. The van der Waals surface area contributed by atoms with Crippen LogP contribution in [0.15, 0.2) is 6.20 Å². The van der Waals surface area contributed by atoms with Gasteiger partial charge in [-0.2, -0.15) is 0 Å². The van der Waals surface area contributed by atoms with Gasteiger partial charge in [-0.3, -0.25) is 0 Å². The number of nitrogens with zero attached hydrogens (tertiary/aromatic N) is 2. The predicted octanol–water partition coefficient (Wildman–Crippen LogP) is 1.64. The summed E-state index contributed by atoms with van der Waals surface area (Å²) < 4.78 is 0. The minimum atomic E-state index is 0.463. The van der Waals surface area contributed by atoms with Crippen LogP contribution in [0, 0.1) is 0 Å². The lowest BCUT2D eigenvalue weighted by molar-refractivity contribution is 0.485. The highest BCUT2D eigenvalue weighted by Gasteiger charge is 2.20. The topological polar surface area (TPSA) is 37.8 Å². The lowest BCUT2D eigenvalue weighted by Gasteiger charge is -2.23. The van der Waals surface area contributed by atoms with E-state index in [0.717, 1.165) is 18.7 Å². The molecule has 0 fully saturated rings. The average Bonchev–Trinajstić information content (AvgIpc) is 2.27. The van der Waals surface area contributed by atoms with Gasteiger partial charge in [0.25, 0.3) is 0 Å². The Balaban J connectivity index is 2.35. The lowest BCUT2D eigenvalue weighted by atomic mass is 9.92. The fourth-order valence-electron chi connectivity index (χ4n) is 2.06. The molecular weight excluding hydrogens is 174 g/mol. The Morgan fingerprint density at radius 2 is 2.43 bits per heavy atom. The van der Waals surface area contributed by atoms with E-state index in [1.807, 2.05) is 13.2 Å². The van der Waals surface area contributed by atoms with Crippen LogP contribution in [-0.4, -0.2) is 17.0 Å². The van der Waals surface area contributed by atoms with Crippen molar-refractivity contribution in [3.05, 3.63) is 23.3 Å². The predicted molar refractivity (Wildman–Crippen MR) is 56.1 cm³/mol. The van der Waals surface area contributed by atoms with E-state index >= 15 is 0 Å². The molecule has 1 aromatic rings.